The van der Waals surface area contributed by atoms with Crippen LogP contribution in [0.4, 0.5) is 5.69 Å². The van der Waals surface area contributed by atoms with Crippen LogP contribution in [0.25, 0.3) is 6.08 Å². The number of hydrogen-bond donors (Lipinski definition) is 1. The lowest BCUT2D eigenvalue weighted by molar-refractivity contribution is -0.115. The SMILES string of the molecule is COc1cccc2c1NC(=O)CC(C)=C2. The molecular formula is C12H13NO2. The molecule has 0 fully saturated rings. The van der Waals surface area contributed by atoms with Gasteiger partial charge in [-0.25, -0.2) is 0 Å². The lowest BCUT2D eigenvalue weighted by Gasteiger charge is -2.10. The van der Waals surface area contributed by atoms with Crippen LogP contribution >= 0.6 is 0 Å². The zero-order chi connectivity index (χ0) is 10.8. The van der Waals surface area contributed by atoms with Crippen molar-refractivity contribution < 1.29 is 9.53 Å². The summed E-state index contributed by atoms with van der Waals surface area (Å²) in [5.74, 6) is 0.707. The fourth-order valence-corrected chi connectivity index (χ4v) is 1.73. The summed E-state index contributed by atoms with van der Waals surface area (Å²) in [4.78, 5) is 11.5. The summed E-state index contributed by atoms with van der Waals surface area (Å²) >= 11 is 0. The Labute approximate surface area is 88.8 Å². The summed E-state index contributed by atoms with van der Waals surface area (Å²) in [6.45, 7) is 1.95. The van der Waals surface area contributed by atoms with Crippen molar-refractivity contribution in [2.45, 2.75) is 13.3 Å². The number of carbonyl (C=O) groups excluding carboxylic acids is 1. The lowest BCUT2D eigenvalue weighted by Crippen LogP contribution is -2.11. The molecule has 0 radical (unpaired) electrons. The molecule has 1 heterocycles. The van der Waals surface area contributed by atoms with Gasteiger partial charge in [0.25, 0.3) is 0 Å². The smallest absolute Gasteiger partial charge is 0.228 e. The van der Waals surface area contributed by atoms with Crippen LogP contribution < -0.4 is 10.1 Å². The number of carbonyl (C=O) groups is 1. The Morgan fingerprint density at radius 2 is 2.20 bits per heavy atom. The van der Waals surface area contributed by atoms with E-state index in [1.807, 2.05) is 31.2 Å². The van der Waals surface area contributed by atoms with E-state index in [-0.39, 0.29) is 5.91 Å². The van der Waals surface area contributed by atoms with Gasteiger partial charge in [-0.3, -0.25) is 4.79 Å². The molecule has 1 N–H and O–H groups in total. The van der Waals surface area contributed by atoms with Gasteiger partial charge < -0.3 is 10.1 Å². The standard InChI is InChI=1S/C12H13NO2/c1-8-6-9-4-3-5-10(15-2)12(9)13-11(14)7-8/h3-6H,7H2,1-2H3,(H,13,14). The molecule has 0 aromatic heterocycles. The maximum absolute atomic E-state index is 11.5. The molecule has 0 saturated heterocycles. The fourth-order valence-electron chi connectivity index (χ4n) is 1.73. The topological polar surface area (TPSA) is 38.3 Å². The van der Waals surface area contributed by atoms with Crippen molar-refractivity contribution in [3.63, 3.8) is 0 Å². The van der Waals surface area contributed by atoms with Gasteiger partial charge in [0.05, 0.1) is 12.8 Å². The third-order valence-electron chi connectivity index (χ3n) is 2.38. The number of amides is 1. The Hall–Kier alpha value is -1.77. The minimum Gasteiger partial charge on any atom is -0.495 e. The number of rotatable bonds is 1. The highest BCUT2D eigenvalue weighted by Gasteiger charge is 2.15. The zero-order valence-corrected chi connectivity index (χ0v) is 8.83. The Balaban J connectivity index is 2.56. The van der Waals surface area contributed by atoms with Gasteiger partial charge in [-0.15, -0.1) is 0 Å². The molecule has 1 aromatic carbocycles. The molecule has 15 heavy (non-hydrogen) atoms. The first-order chi connectivity index (χ1) is 7.20. The van der Waals surface area contributed by atoms with E-state index in [4.69, 9.17) is 4.74 Å². The van der Waals surface area contributed by atoms with Crippen LogP contribution in [0.1, 0.15) is 18.9 Å². The van der Waals surface area contributed by atoms with Crippen molar-refractivity contribution in [1.29, 1.82) is 0 Å². The molecular weight excluding hydrogens is 190 g/mol. The Morgan fingerprint density at radius 3 is 2.93 bits per heavy atom. The van der Waals surface area contributed by atoms with Crippen molar-refractivity contribution in [1.82, 2.24) is 0 Å². The molecule has 78 valence electrons. The quantitative estimate of drug-likeness (QED) is 0.761. The van der Waals surface area contributed by atoms with Crippen LogP contribution in [0.2, 0.25) is 0 Å². The maximum Gasteiger partial charge on any atom is 0.228 e. The van der Waals surface area contributed by atoms with E-state index in [1.165, 1.54) is 0 Å². The normalized spacial score (nSPS) is 14.8. The summed E-state index contributed by atoms with van der Waals surface area (Å²) in [6.07, 6.45) is 2.45. The second kappa shape index (κ2) is 3.77. The lowest BCUT2D eigenvalue weighted by atomic mass is 10.1. The van der Waals surface area contributed by atoms with E-state index in [2.05, 4.69) is 5.32 Å². The Bertz CT molecular complexity index is 435. The number of ether oxygens (including phenoxy) is 1. The molecule has 1 amide bonds. The third kappa shape index (κ3) is 1.86. The van der Waals surface area contributed by atoms with Gasteiger partial charge in [0.1, 0.15) is 5.75 Å². The molecule has 0 bridgehead atoms. The summed E-state index contributed by atoms with van der Waals surface area (Å²) in [5.41, 5.74) is 2.82. The minimum absolute atomic E-state index is 0.00648. The first kappa shape index (κ1) is 9.77. The Morgan fingerprint density at radius 1 is 1.40 bits per heavy atom. The van der Waals surface area contributed by atoms with Gasteiger partial charge in [0, 0.05) is 12.0 Å². The van der Waals surface area contributed by atoms with Crippen molar-refractivity contribution in [3.8, 4) is 5.75 Å². The van der Waals surface area contributed by atoms with Gasteiger partial charge in [0.2, 0.25) is 5.91 Å². The van der Waals surface area contributed by atoms with Crippen LogP contribution in [0.3, 0.4) is 0 Å². The first-order valence-electron chi connectivity index (χ1n) is 4.84. The van der Waals surface area contributed by atoms with Crippen molar-refractivity contribution in [3.05, 3.63) is 29.3 Å². The van der Waals surface area contributed by atoms with Gasteiger partial charge in [-0.1, -0.05) is 23.8 Å². The van der Waals surface area contributed by atoms with E-state index >= 15 is 0 Å². The van der Waals surface area contributed by atoms with E-state index in [1.54, 1.807) is 7.11 Å². The summed E-state index contributed by atoms with van der Waals surface area (Å²) in [5, 5.41) is 2.86. The van der Waals surface area contributed by atoms with Gasteiger partial charge in [-0.05, 0) is 13.0 Å². The van der Waals surface area contributed by atoms with Crippen LogP contribution in [0.15, 0.2) is 23.8 Å². The molecule has 0 atom stereocenters. The third-order valence-corrected chi connectivity index (χ3v) is 2.38. The molecule has 1 aliphatic rings. The molecule has 0 spiro atoms. The predicted molar refractivity (Wildman–Crippen MR) is 59.9 cm³/mol. The second-order valence-corrected chi connectivity index (χ2v) is 3.64. The fraction of sp³-hybridized carbons (Fsp3) is 0.250. The highest BCUT2D eigenvalue weighted by Crippen LogP contribution is 2.32. The average molecular weight is 203 g/mol. The molecule has 1 aliphatic heterocycles. The Kier molecular flexibility index (Phi) is 2.46. The van der Waals surface area contributed by atoms with Crippen LogP contribution in [0.5, 0.6) is 5.75 Å². The maximum atomic E-state index is 11.5. The molecule has 3 heteroatoms. The average Bonchev–Trinajstić information content (AvgIpc) is 2.33. The summed E-state index contributed by atoms with van der Waals surface area (Å²) < 4.78 is 5.21. The highest BCUT2D eigenvalue weighted by molar-refractivity contribution is 5.98. The number of hydrogen-bond acceptors (Lipinski definition) is 2. The zero-order valence-electron chi connectivity index (χ0n) is 8.83. The van der Waals surface area contributed by atoms with E-state index in [0.29, 0.717) is 12.2 Å². The predicted octanol–water partition coefficient (Wildman–Crippen LogP) is 2.44. The van der Waals surface area contributed by atoms with Gasteiger partial charge in [-0.2, -0.15) is 0 Å². The molecule has 1 aromatic rings. The van der Waals surface area contributed by atoms with E-state index < -0.39 is 0 Å². The first-order valence-corrected chi connectivity index (χ1v) is 4.84. The summed E-state index contributed by atoms with van der Waals surface area (Å²) in [6, 6.07) is 5.72. The molecule has 3 nitrogen and oxygen atoms in total. The van der Waals surface area contributed by atoms with Gasteiger partial charge >= 0.3 is 0 Å². The van der Waals surface area contributed by atoms with Crippen LogP contribution in [-0.4, -0.2) is 13.0 Å². The number of fused-ring (bicyclic) bond motifs is 1. The minimum atomic E-state index is 0.00648. The van der Waals surface area contributed by atoms with Crippen LogP contribution in [0, 0.1) is 0 Å². The number of benzene rings is 1. The number of para-hydroxylation sites is 1. The second-order valence-electron chi connectivity index (χ2n) is 3.64. The van der Waals surface area contributed by atoms with Crippen LogP contribution in [-0.2, 0) is 4.79 Å². The molecule has 0 unspecified atom stereocenters. The number of anilines is 1. The number of nitrogens with one attached hydrogen (secondary N) is 1. The van der Waals surface area contributed by atoms with Crippen molar-refractivity contribution in [2.75, 3.05) is 12.4 Å². The van der Waals surface area contributed by atoms with Crippen molar-refractivity contribution in [2.24, 2.45) is 0 Å². The molecule has 0 aliphatic carbocycles. The number of methoxy groups -OCH3 is 1. The van der Waals surface area contributed by atoms with Crippen molar-refractivity contribution >= 4 is 17.7 Å². The molecule has 0 saturated carbocycles. The van der Waals surface area contributed by atoms with E-state index in [9.17, 15) is 4.79 Å². The summed E-state index contributed by atoms with van der Waals surface area (Å²) in [7, 11) is 1.60. The monoisotopic (exact) mass is 203 g/mol. The highest BCUT2D eigenvalue weighted by atomic mass is 16.5. The molecule has 2 rings (SSSR count). The largest absolute Gasteiger partial charge is 0.495 e. The van der Waals surface area contributed by atoms with Gasteiger partial charge in [0.15, 0.2) is 0 Å². The van der Waals surface area contributed by atoms with E-state index in [0.717, 1.165) is 16.8 Å².